The van der Waals surface area contributed by atoms with Gasteiger partial charge in [0.15, 0.2) is 6.04 Å². The average molecular weight is 551 g/mol. The molecule has 0 spiro atoms. The molecule has 198 valence electrons. The van der Waals surface area contributed by atoms with E-state index in [2.05, 4.69) is 4.90 Å². The van der Waals surface area contributed by atoms with Crippen molar-refractivity contribution in [2.75, 3.05) is 33.0 Å². The van der Waals surface area contributed by atoms with Crippen molar-refractivity contribution in [3.8, 4) is 5.75 Å². The number of hydrogen-bond donors (Lipinski definition) is 1. The van der Waals surface area contributed by atoms with Crippen molar-refractivity contribution < 1.29 is 28.6 Å². The molecule has 3 fully saturated rings. The van der Waals surface area contributed by atoms with Gasteiger partial charge in [-0.1, -0.05) is 23.2 Å². The first-order valence-electron chi connectivity index (χ1n) is 12.5. The highest BCUT2D eigenvalue weighted by Crippen LogP contribution is 2.45. The number of carboxylic acids is 1. The minimum Gasteiger partial charge on any atom is -0.493 e. The van der Waals surface area contributed by atoms with Crippen molar-refractivity contribution in [3.05, 3.63) is 62.9 Å². The highest BCUT2D eigenvalue weighted by Gasteiger charge is 2.38. The van der Waals surface area contributed by atoms with Crippen LogP contribution in [0.15, 0.2) is 30.3 Å². The average Bonchev–Trinajstić information content (AvgIpc) is 3.57. The maximum Gasteiger partial charge on any atom is 0.328 e. The number of piperidine rings is 1. The predicted molar refractivity (Wildman–Crippen MR) is 137 cm³/mol. The lowest BCUT2D eigenvalue weighted by Crippen LogP contribution is -2.42. The minimum atomic E-state index is -1.17. The van der Waals surface area contributed by atoms with E-state index in [1.807, 2.05) is 12.1 Å². The smallest absolute Gasteiger partial charge is 0.328 e. The zero-order valence-corrected chi connectivity index (χ0v) is 21.8. The summed E-state index contributed by atoms with van der Waals surface area (Å²) >= 11 is 12.2. The van der Waals surface area contributed by atoms with Crippen molar-refractivity contribution in [2.45, 2.75) is 44.2 Å². The quantitative estimate of drug-likeness (QED) is 0.487. The molecule has 0 radical (unpaired) electrons. The largest absolute Gasteiger partial charge is 0.493 e. The second-order valence-corrected chi connectivity index (χ2v) is 11.0. The summed E-state index contributed by atoms with van der Waals surface area (Å²) in [6.45, 7) is 2.81. The molecule has 5 rings (SSSR count). The molecule has 2 aromatic rings. The third kappa shape index (κ3) is 6.20. The first-order chi connectivity index (χ1) is 17.8. The first kappa shape index (κ1) is 26.2. The number of carbonyl (C=O) groups excluding carboxylic acids is 1. The Morgan fingerprint density at radius 1 is 1.05 bits per heavy atom. The van der Waals surface area contributed by atoms with Gasteiger partial charge in [-0.05, 0) is 86.0 Å². The summed E-state index contributed by atoms with van der Waals surface area (Å²) in [5.74, 6) is -1.52. The van der Waals surface area contributed by atoms with Crippen LogP contribution in [0.4, 0.5) is 4.39 Å². The van der Waals surface area contributed by atoms with Crippen LogP contribution >= 0.6 is 23.2 Å². The van der Waals surface area contributed by atoms with Crippen molar-refractivity contribution >= 4 is 35.1 Å². The molecule has 1 atom stereocenters. The van der Waals surface area contributed by atoms with E-state index in [0.717, 1.165) is 61.3 Å². The van der Waals surface area contributed by atoms with Crippen LogP contribution in [-0.4, -0.2) is 65.9 Å². The van der Waals surface area contributed by atoms with Crippen LogP contribution in [0.1, 0.15) is 53.1 Å². The van der Waals surface area contributed by atoms with Crippen molar-refractivity contribution in [3.63, 3.8) is 0 Å². The zero-order chi connectivity index (χ0) is 26.1. The van der Waals surface area contributed by atoms with E-state index in [1.165, 1.54) is 6.07 Å². The molecule has 1 amide bonds. The molecule has 1 N–H and O–H groups in total. The SMILES string of the molecule is O=C(O)C1COCN1C(=O)c1cc(C2CC2)c(OCC2CCN(Cc3cc(Cl)cc(Cl)c3)CC2)cc1F. The fourth-order valence-electron chi connectivity index (χ4n) is 5.06. The molecular formula is C27H29Cl2FN2O5. The molecule has 10 heteroatoms. The second kappa shape index (κ2) is 11.2. The number of aliphatic carboxylic acids is 1. The molecule has 2 aliphatic heterocycles. The molecule has 2 aromatic carbocycles. The summed E-state index contributed by atoms with van der Waals surface area (Å²) in [5, 5.41) is 10.6. The Morgan fingerprint density at radius 2 is 1.76 bits per heavy atom. The number of hydrogen-bond acceptors (Lipinski definition) is 5. The fourth-order valence-corrected chi connectivity index (χ4v) is 5.63. The van der Waals surface area contributed by atoms with Crippen molar-refractivity contribution in [1.82, 2.24) is 9.80 Å². The molecule has 3 aliphatic rings. The Kier molecular flexibility index (Phi) is 7.91. The van der Waals surface area contributed by atoms with Crippen molar-refractivity contribution in [1.29, 1.82) is 0 Å². The maximum absolute atomic E-state index is 15.1. The van der Waals surface area contributed by atoms with Crippen LogP contribution in [0.3, 0.4) is 0 Å². The fraction of sp³-hybridized carbons (Fsp3) is 0.481. The predicted octanol–water partition coefficient (Wildman–Crippen LogP) is 5.18. The van der Waals surface area contributed by atoms with Gasteiger partial charge in [0.2, 0.25) is 0 Å². The van der Waals surface area contributed by atoms with E-state index in [1.54, 1.807) is 12.1 Å². The number of likely N-dealkylation sites (tertiary alicyclic amines) is 1. The number of ether oxygens (including phenoxy) is 2. The van der Waals surface area contributed by atoms with Gasteiger partial charge in [0.1, 0.15) is 18.3 Å². The molecule has 0 bridgehead atoms. The summed E-state index contributed by atoms with van der Waals surface area (Å²) in [6.07, 6.45) is 3.81. The van der Waals surface area contributed by atoms with Crippen LogP contribution < -0.4 is 4.74 Å². The molecule has 2 heterocycles. The standard InChI is InChI=1S/C27H29Cl2FN2O5/c28-19-7-17(8-20(29)9-19)12-31-5-3-16(4-6-31)13-37-25-11-23(30)22(10-21(25)18-1-2-18)26(33)32-15-36-14-24(32)27(34)35/h7-11,16,18,24H,1-6,12-15H2,(H,34,35). The van der Waals surface area contributed by atoms with Gasteiger partial charge in [-0.2, -0.15) is 0 Å². The van der Waals surface area contributed by atoms with Gasteiger partial charge in [0.25, 0.3) is 5.91 Å². The Bertz CT molecular complexity index is 1160. The van der Waals surface area contributed by atoms with Gasteiger partial charge in [0, 0.05) is 22.7 Å². The molecule has 1 saturated carbocycles. The molecule has 0 aromatic heterocycles. The van der Waals surface area contributed by atoms with E-state index >= 15 is 4.39 Å². The lowest BCUT2D eigenvalue weighted by atomic mass is 9.97. The van der Waals surface area contributed by atoms with Gasteiger partial charge < -0.3 is 14.6 Å². The molecule has 1 unspecified atom stereocenters. The van der Waals surface area contributed by atoms with E-state index < -0.39 is 23.7 Å². The summed E-state index contributed by atoms with van der Waals surface area (Å²) in [7, 11) is 0. The molecule has 7 nitrogen and oxygen atoms in total. The highest BCUT2D eigenvalue weighted by molar-refractivity contribution is 6.34. The second-order valence-electron chi connectivity index (χ2n) is 10.1. The lowest BCUT2D eigenvalue weighted by molar-refractivity contribution is -0.141. The number of rotatable bonds is 8. The normalized spacial score (nSPS) is 20.8. The molecule has 1 aliphatic carbocycles. The molecular weight excluding hydrogens is 522 g/mol. The lowest BCUT2D eigenvalue weighted by Gasteiger charge is -2.32. The van der Waals surface area contributed by atoms with Crippen LogP contribution in [-0.2, 0) is 16.1 Å². The van der Waals surface area contributed by atoms with Gasteiger partial charge in [-0.15, -0.1) is 0 Å². The number of halogens is 3. The number of carbonyl (C=O) groups is 2. The van der Waals surface area contributed by atoms with Crippen LogP contribution in [0.25, 0.3) is 0 Å². The molecule has 37 heavy (non-hydrogen) atoms. The zero-order valence-electron chi connectivity index (χ0n) is 20.3. The number of nitrogens with zero attached hydrogens (tertiary/aromatic N) is 2. The topological polar surface area (TPSA) is 79.3 Å². The van der Waals surface area contributed by atoms with Crippen LogP contribution in [0.5, 0.6) is 5.75 Å². The van der Waals surface area contributed by atoms with Gasteiger partial charge in [-0.25, -0.2) is 9.18 Å². The third-order valence-corrected chi connectivity index (χ3v) is 7.72. The maximum atomic E-state index is 15.1. The Balaban J connectivity index is 1.20. The number of benzene rings is 2. The van der Waals surface area contributed by atoms with Gasteiger partial charge >= 0.3 is 5.97 Å². The number of carboxylic acid groups (broad SMARTS) is 1. The highest BCUT2D eigenvalue weighted by atomic mass is 35.5. The Labute approximate surface area is 225 Å². The molecule has 2 saturated heterocycles. The summed E-state index contributed by atoms with van der Waals surface area (Å²) in [4.78, 5) is 27.8. The van der Waals surface area contributed by atoms with Gasteiger partial charge in [-0.3, -0.25) is 14.6 Å². The summed E-state index contributed by atoms with van der Waals surface area (Å²) < 4.78 is 26.4. The van der Waals surface area contributed by atoms with Gasteiger partial charge in [0.05, 0.1) is 18.8 Å². The minimum absolute atomic E-state index is 0.106. The van der Waals surface area contributed by atoms with Crippen LogP contribution in [0, 0.1) is 11.7 Å². The first-order valence-corrected chi connectivity index (χ1v) is 13.3. The number of amides is 1. The third-order valence-electron chi connectivity index (χ3n) is 7.29. The van der Waals surface area contributed by atoms with Crippen molar-refractivity contribution in [2.24, 2.45) is 5.92 Å². The summed E-state index contributed by atoms with van der Waals surface area (Å²) in [5.41, 5.74) is 1.76. The van der Waals surface area contributed by atoms with E-state index in [9.17, 15) is 14.7 Å². The monoisotopic (exact) mass is 550 g/mol. The Morgan fingerprint density at radius 3 is 2.41 bits per heavy atom. The van der Waals surface area contributed by atoms with Crippen LogP contribution in [0.2, 0.25) is 10.0 Å². The van der Waals surface area contributed by atoms with E-state index in [4.69, 9.17) is 32.7 Å². The Hall–Kier alpha value is -2.39. The summed E-state index contributed by atoms with van der Waals surface area (Å²) in [6, 6.07) is 7.30. The van der Waals surface area contributed by atoms with E-state index in [-0.39, 0.29) is 24.8 Å². The van der Waals surface area contributed by atoms with E-state index in [0.29, 0.717) is 28.3 Å².